The van der Waals surface area contributed by atoms with E-state index in [-0.39, 0.29) is 17.9 Å². The zero-order valence-corrected chi connectivity index (χ0v) is 12.5. The van der Waals surface area contributed by atoms with Crippen molar-refractivity contribution in [2.75, 3.05) is 13.1 Å². The summed E-state index contributed by atoms with van der Waals surface area (Å²) in [7, 11) is 0. The van der Waals surface area contributed by atoms with Crippen LogP contribution in [0.25, 0.3) is 0 Å². The first-order chi connectivity index (χ1) is 10.8. The summed E-state index contributed by atoms with van der Waals surface area (Å²) in [6.07, 6.45) is -2.68. The molecule has 0 aromatic heterocycles. The van der Waals surface area contributed by atoms with Crippen LogP contribution in [-0.4, -0.2) is 35.0 Å². The van der Waals surface area contributed by atoms with Gasteiger partial charge in [-0.2, -0.15) is 13.2 Å². The molecule has 2 rings (SSSR count). The van der Waals surface area contributed by atoms with Gasteiger partial charge in [0.15, 0.2) is 0 Å². The minimum Gasteiger partial charge on any atom is -0.481 e. The summed E-state index contributed by atoms with van der Waals surface area (Å²) in [5.74, 6) is -1.53. The SMILES string of the molecule is O=C(O)CC[C@@H]1CCCN(C(=O)c2ccccc2C(F)(F)F)C1. The van der Waals surface area contributed by atoms with Gasteiger partial charge in [-0.25, -0.2) is 0 Å². The first kappa shape index (κ1) is 17.3. The van der Waals surface area contributed by atoms with E-state index in [9.17, 15) is 22.8 Å². The molecule has 1 aromatic rings. The molecule has 1 amide bonds. The number of carbonyl (C=O) groups excluding carboxylic acids is 1. The number of likely N-dealkylation sites (tertiary alicyclic amines) is 1. The molecule has 0 spiro atoms. The Labute approximate surface area is 131 Å². The number of halogens is 3. The summed E-state index contributed by atoms with van der Waals surface area (Å²) in [5.41, 5.74) is -1.28. The van der Waals surface area contributed by atoms with Crippen LogP contribution in [0.3, 0.4) is 0 Å². The van der Waals surface area contributed by atoms with E-state index >= 15 is 0 Å². The average molecular weight is 329 g/mol. The van der Waals surface area contributed by atoms with Crippen molar-refractivity contribution in [1.29, 1.82) is 0 Å². The Balaban J connectivity index is 2.13. The average Bonchev–Trinajstić information content (AvgIpc) is 2.51. The Bertz CT molecular complexity index is 586. The fourth-order valence-corrected chi connectivity index (χ4v) is 2.90. The van der Waals surface area contributed by atoms with Gasteiger partial charge in [0.1, 0.15) is 0 Å². The zero-order valence-electron chi connectivity index (χ0n) is 12.5. The monoisotopic (exact) mass is 329 g/mol. The standard InChI is InChI=1S/C16H18F3NO3/c17-16(18,19)13-6-2-1-5-12(13)15(23)20-9-3-4-11(10-20)7-8-14(21)22/h1-2,5-6,11H,3-4,7-10H2,(H,21,22)/t11-/m0/s1. The molecule has 1 aliphatic heterocycles. The van der Waals surface area contributed by atoms with Crippen LogP contribution in [0.4, 0.5) is 13.2 Å². The fourth-order valence-electron chi connectivity index (χ4n) is 2.90. The maximum absolute atomic E-state index is 13.0. The highest BCUT2D eigenvalue weighted by Crippen LogP contribution is 2.33. The number of rotatable bonds is 4. The van der Waals surface area contributed by atoms with E-state index in [4.69, 9.17) is 5.11 Å². The van der Waals surface area contributed by atoms with E-state index < -0.39 is 23.6 Å². The largest absolute Gasteiger partial charge is 0.481 e. The summed E-state index contributed by atoms with van der Waals surface area (Å²) in [5, 5.41) is 8.72. The minimum absolute atomic E-state index is 0.00579. The molecule has 23 heavy (non-hydrogen) atoms. The van der Waals surface area contributed by atoms with Gasteiger partial charge in [0.05, 0.1) is 11.1 Å². The van der Waals surface area contributed by atoms with Crippen LogP contribution < -0.4 is 0 Å². The maximum atomic E-state index is 13.0. The normalized spacial score (nSPS) is 18.7. The molecule has 1 aromatic carbocycles. The second kappa shape index (κ2) is 7.02. The number of hydrogen-bond acceptors (Lipinski definition) is 2. The van der Waals surface area contributed by atoms with Crippen LogP contribution in [-0.2, 0) is 11.0 Å². The summed E-state index contributed by atoms with van der Waals surface area (Å²) < 4.78 is 39.1. The van der Waals surface area contributed by atoms with E-state index in [0.29, 0.717) is 25.9 Å². The number of nitrogens with zero attached hydrogens (tertiary/aromatic N) is 1. The van der Waals surface area contributed by atoms with Gasteiger partial charge in [-0.3, -0.25) is 9.59 Å². The van der Waals surface area contributed by atoms with Crippen molar-refractivity contribution in [3.05, 3.63) is 35.4 Å². The molecule has 126 valence electrons. The summed E-state index contributed by atoms with van der Waals surface area (Å²) in [6.45, 7) is 0.701. The van der Waals surface area contributed by atoms with Crippen LogP contribution in [0.5, 0.6) is 0 Å². The Morgan fingerprint density at radius 1 is 1.26 bits per heavy atom. The molecule has 1 aliphatic rings. The van der Waals surface area contributed by atoms with Gasteiger partial charge in [0.25, 0.3) is 5.91 Å². The molecule has 4 nitrogen and oxygen atoms in total. The van der Waals surface area contributed by atoms with E-state index in [0.717, 1.165) is 12.5 Å². The lowest BCUT2D eigenvalue weighted by molar-refractivity contribution is -0.138. The molecular weight excluding hydrogens is 311 g/mol. The predicted octanol–water partition coefficient (Wildman–Crippen LogP) is 3.42. The van der Waals surface area contributed by atoms with Crippen LogP contribution in [0.1, 0.15) is 41.6 Å². The predicted molar refractivity (Wildman–Crippen MR) is 76.9 cm³/mol. The van der Waals surface area contributed by atoms with Crippen LogP contribution in [0.2, 0.25) is 0 Å². The number of hydrogen-bond donors (Lipinski definition) is 1. The zero-order chi connectivity index (χ0) is 17.0. The van der Waals surface area contributed by atoms with E-state index in [1.54, 1.807) is 0 Å². The van der Waals surface area contributed by atoms with Crippen molar-refractivity contribution in [3.63, 3.8) is 0 Å². The van der Waals surface area contributed by atoms with Crippen molar-refractivity contribution in [2.45, 2.75) is 31.9 Å². The molecule has 1 heterocycles. The number of benzene rings is 1. The van der Waals surface area contributed by atoms with Crippen molar-refractivity contribution in [2.24, 2.45) is 5.92 Å². The van der Waals surface area contributed by atoms with Crippen molar-refractivity contribution in [1.82, 2.24) is 4.90 Å². The molecule has 0 radical (unpaired) electrons. The number of amides is 1. The minimum atomic E-state index is -4.58. The molecule has 1 fully saturated rings. The van der Waals surface area contributed by atoms with Crippen LogP contribution in [0, 0.1) is 5.92 Å². The third kappa shape index (κ3) is 4.46. The van der Waals surface area contributed by atoms with Gasteiger partial charge in [-0.15, -0.1) is 0 Å². The van der Waals surface area contributed by atoms with Gasteiger partial charge in [-0.1, -0.05) is 12.1 Å². The number of alkyl halides is 3. The molecule has 0 saturated carbocycles. The maximum Gasteiger partial charge on any atom is 0.417 e. The quantitative estimate of drug-likeness (QED) is 0.921. The molecule has 0 aliphatic carbocycles. The van der Waals surface area contributed by atoms with Crippen LogP contribution in [0.15, 0.2) is 24.3 Å². The van der Waals surface area contributed by atoms with Crippen molar-refractivity contribution in [3.8, 4) is 0 Å². The molecule has 1 atom stereocenters. The molecule has 1 saturated heterocycles. The highest BCUT2D eigenvalue weighted by molar-refractivity contribution is 5.96. The van der Waals surface area contributed by atoms with Gasteiger partial charge in [0.2, 0.25) is 0 Å². The number of piperidine rings is 1. The highest BCUT2D eigenvalue weighted by atomic mass is 19.4. The first-order valence-electron chi connectivity index (χ1n) is 7.46. The third-order valence-electron chi connectivity index (χ3n) is 4.04. The van der Waals surface area contributed by atoms with Crippen molar-refractivity contribution < 1.29 is 27.9 Å². The lowest BCUT2D eigenvalue weighted by Crippen LogP contribution is -2.40. The summed E-state index contributed by atoms with van der Waals surface area (Å²) >= 11 is 0. The molecule has 1 N–H and O–H groups in total. The fraction of sp³-hybridized carbons (Fsp3) is 0.500. The molecular formula is C16H18F3NO3. The Hall–Kier alpha value is -2.05. The number of carbonyl (C=O) groups is 2. The lowest BCUT2D eigenvalue weighted by Gasteiger charge is -2.33. The summed E-state index contributed by atoms with van der Waals surface area (Å²) in [6, 6.07) is 4.75. The Morgan fingerprint density at radius 3 is 2.61 bits per heavy atom. The van der Waals surface area contributed by atoms with E-state index in [1.165, 1.54) is 23.1 Å². The van der Waals surface area contributed by atoms with E-state index in [2.05, 4.69) is 0 Å². The van der Waals surface area contributed by atoms with Gasteiger partial charge < -0.3 is 10.0 Å². The topological polar surface area (TPSA) is 57.6 Å². The van der Waals surface area contributed by atoms with Gasteiger partial charge >= 0.3 is 12.1 Å². The smallest absolute Gasteiger partial charge is 0.417 e. The molecule has 0 bridgehead atoms. The summed E-state index contributed by atoms with van der Waals surface area (Å²) in [4.78, 5) is 24.5. The second-order valence-corrected chi connectivity index (χ2v) is 5.74. The number of aliphatic carboxylic acids is 1. The van der Waals surface area contributed by atoms with Crippen LogP contribution >= 0.6 is 0 Å². The second-order valence-electron chi connectivity index (χ2n) is 5.74. The highest BCUT2D eigenvalue weighted by Gasteiger charge is 2.36. The van der Waals surface area contributed by atoms with Crippen molar-refractivity contribution >= 4 is 11.9 Å². The third-order valence-corrected chi connectivity index (χ3v) is 4.04. The van der Waals surface area contributed by atoms with Gasteiger partial charge in [0, 0.05) is 19.5 Å². The number of carboxylic acids is 1. The van der Waals surface area contributed by atoms with E-state index in [1.807, 2.05) is 0 Å². The Morgan fingerprint density at radius 2 is 1.96 bits per heavy atom. The molecule has 7 heteroatoms. The molecule has 0 unspecified atom stereocenters. The number of carboxylic acid groups (broad SMARTS) is 1. The first-order valence-corrected chi connectivity index (χ1v) is 7.46. The van der Waals surface area contributed by atoms with Gasteiger partial charge in [-0.05, 0) is 37.3 Å². The lowest BCUT2D eigenvalue weighted by atomic mass is 9.92. The Kier molecular flexibility index (Phi) is 5.28.